The number of rotatable bonds is 3. The van der Waals surface area contributed by atoms with Crippen LogP contribution in [0.2, 0.25) is 0 Å². The summed E-state index contributed by atoms with van der Waals surface area (Å²) in [5.74, 6) is -0.888. The van der Waals surface area contributed by atoms with Gasteiger partial charge in [0.1, 0.15) is 5.75 Å². The Hall–Kier alpha value is -2.04. The van der Waals surface area contributed by atoms with Gasteiger partial charge in [0.2, 0.25) is 5.91 Å². The minimum Gasteiger partial charge on any atom is -0.491 e. The van der Waals surface area contributed by atoms with Gasteiger partial charge in [-0.05, 0) is 23.6 Å². The zero-order valence-electron chi connectivity index (χ0n) is 11.9. The molecule has 1 amide bonds. The van der Waals surface area contributed by atoms with Crippen LogP contribution in [0.4, 0.5) is 5.69 Å². The molecule has 1 aliphatic rings. The number of carbonyl (C=O) groups excluding carboxylic acids is 1. The van der Waals surface area contributed by atoms with Gasteiger partial charge in [-0.2, -0.15) is 0 Å². The first-order chi connectivity index (χ1) is 9.41. The normalized spacial score (nSPS) is 16.4. The lowest BCUT2D eigenvalue weighted by atomic mass is 9.88. The molecule has 0 spiro atoms. The van der Waals surface area contributed by atoms with E-state index in [1.807, 2.05) is 13.8 Å². The number of fused-ring (bicyclic) bond motifs is 1. The zero-order valence-corrected chi connectivity index (χ0v) is 11.9. The molecule has 1 unspecified atom stereocenters. The van der Waals surface area contributed by atoms with Crippen molar-refractivity contribution in [2.45, 2.75) is 26.2 Å². The van der Waals surface area contributed by atoms with Crippen molar-refractivity contribution in [3.63, 3.8) is 0 Å². The Morgan fingerprint density at radius 1 is 1.40 bits per heavy atom. The average Bonchev–Trinajstić information content (AvgIpc) is 2.50. The van der Waals surface area contributed by atoms with Gasteiger partial charge in [-0.15, -0.1) is 0 Å². The summed E-state index contributed by atoms with van der Waals surface area (Å²) in [6, 6.07) is 5.26. The lowest BCUT2D eigenvalue weighted by Gasteiger charge is -2.21. The Balaban J connectivity index is 2.47. The highest BCUT2D eigenvalue weighted by atomic mass is 16.5. The number of nitrogens with zero attached hydrogens (tertiary/aromatic N) is 1. The van der Waals surface area contributed by atoms with Gasteiger partial charge in [-0.3, -0.25) is 9.59 Å². The molecule has 5 heteroatoms. The first kappa shape index (κ1) is 14.4. The van der Waals surface area contributed by atoms with Crippen molar-refractivity contribution < 1.29 is 19.4 Å². The highest BCUT2D eigenvalue weighted by molar-refractivity contribution is 5.95. The molecule has 108 valence electrons. The van der Waals surface area contributed by atoms with E-state index in [1.54, 1.807) is 25.2 Å². The number of carboxylic acids is 1. The number of aliphatic carboxylic acids is 1. The van der Waals surface area contributed by atoms with Gasteiger partial charge in [0.25, 0.3) is 0 Å². The summed E-state index contributed by atoms with van der Waals surface area (Å²) in [4.78, 5) is 24.8. The molecule has 1 N–H and O–H groups in total. The van der Waals surface area contributed by atoms with Gasteiger partial charge in [0.15, 0.2) is 0 Å². The third-order valence-electron chi connectivity index (χ3n) is 3.58. The smallest absolute Gasteiger partial charge is 0.311 e. The van der Waals surface area contributed by atoms with Gasteiger partial charge < -0.3 is 14.7 Å². The molecule has 1 atom stereocenters. The fraction of sp³-hybridized carbons (Fsp3) is 0.467. The number of carbonyl (C=O) groups is 2. The minimum absolute atomic E-state index is 0.0294. The van der Waals surface area contributed by atoms with E-state index in [2.05, 4.69) is 0 Å². The summed E-state index contributed by atoms with van der Waals surface area (Å²) in [5.41, 5.74) is 1.33. The second-order valence-corrected chi connectivity index (χ2v) is 5.34. The first-order valence-corrected chi connectivity index (χ1v) is 6.68. The first-order valence-electron chi connectivity index (χ1n) is 6.68. The van der Waals surface area contributed by atoms with E-state index in [1.165, 1.54) is 4.90 Å². The molecule has 1 aromatic carbocycles. The van der Waals surface area contributed by atoms with Crippen LogP contribution in [-0.4, -0.2) is 30.6 Å². The zero-order chi connectivity index (χ0) is 14.9. The molecule has 0 aromatic heterocycles. The van der Waals surface area contributed by atoms with Crippen molar-refractivity contribution in [3.8, 4) is 5.75 Å². The molecule has 1 aliphatic heterocycles. The summed E-state index contributed by atoms with van der Waals surface area (Å²) in [6.07, 6.45) is 0.326. The van der Waals surface area contributed by atoms with Crippen LogP contribution >= 0.6 is 0 Å². The van der Waals surface area contributed by atoms with E-state index in [9.17, 15) is 14.7 Å². The highest BCUT2D eigenvalue weighted by Crippen LogP contribution is 2.35. The Morgan fingerprint density at radius 3 is 2.70 bits per heavy atom. The lowest BCUT2D eigenvalue weighted by Crippen LogP contribution is -2.25. The van der Waals surface area contributed by atoms with Gasteiger partial charge >= 0.3 is 5.97 Å². The van der Waals surface area contributed by atoms with E-state index in [4.69, 9.17) is 4.74 Å². The predicted octanol–water partition coefficient (Wildman–Crippen LogP) is 2.26. The summed E-state index contributed by atoms with van der Waals surface area (Å²) < 4.78 is 5.54. The van der Waals surface area contributed by atoms with Crippen molar-refractivity contribution in [3.05, 3.63) is 23.8 Å². The van der Waals surface area contributed by atoms with Crippen LogP contribution < -0.4 is 9.64 Å². The second kappa shape index (κ2) is 5.53. The molecule has 0 saturated carbocycles. The van der Waals surface area contributed by atoms with Crippen LogP contribution in [0.25, 0.3) is 0 Å². The molecule has 1 heterocycles. The molecule has 0 fully saturated rings. The predicted molar refractivity (Wildman–Crippen MR) is 75.2 cm³/mol. The third kappa shape index (κ3) is 2.61. The highest BCUT2D eigenvalue weighted by Gasteiger charge is 2.27. The van der Waals surface area contributed by atoms with Crippen LogP contribution in [0, 0.1) is 5.92 Å². The molecule has 2 rings (SSSR count). The van der Waals surface area contributed by atoms with Crippen molar-refractivity contribution in [1.82, 2.24) is 0 Å². The van der Waals surface area contributed by atoms with Crippen LogP contribution in [0.15, 0.2) is 18.2 Å². The fourth-order valence-corrected chi connectivity index (χ4v) is 2.47. The SMILES string of the molecule is CC(C)C(C(=O)O)c1ccc2c(c1)N(C)C(=O)CCO2. The summed E-state index contributed by atoms with van der Waals surface area (Å²) in [5, 5.41) is 9.36. The van der Waals surface area contributed by atoms with Gasteiger partial charge in [-0.1, -0.05) is 19.9 Å². The number of anilines is 1. The number of benzene rings is 1. The minimum atomic E-state index is -0.858. The topological polar surface area (TPSA) is 66.8 Å². The standard InChI is InChI=1S/C15H19NO4/c1-9(2)14(15(18)19)10-4-5-12-11(8-10)16(3)13(17)6-7-20-12/h4-5,8-9,14H,6-7H2,1-3H3,(H,18,19). The van der Waals surface area contributed by atoms with E-state index in [0.717, 1.165) is 0 Å². The maximum Gasteiger partial charge on any atom is 0.311 e. The van der Waals surface area contributed by atoms with Crippen LogP contribution in [0.5, 0.6) is 5.75 Å². The molecular formula is C15H19NO4. The van der Waals surface area contributed by atoms with E-state index in [-0.39, 0.29) is 11.8 Å². The number of ether oxygens (including phenoxy) is 1. The van der Waals surface area contributed by atoms with Gasteiger partial charge in [0.05, 0.1) is 24.6 Å². The van der Waals surface area contributed by atoms with E-state index >= 15 is 0 Å². The van der Waals surface area contributed by atoms with Gasteiger partial charge in [0, 0.05) is 7.05 Å². The molecular weight excluding hydrogens is 258 g/mol. The Bertz CT molecular complexity index is 539. The second-order valence-electron chi connectivity index (χ2n) is 5.34. The molecule has 20 heavy (non-hydrogen) atoms. The van der Waals surface area contributed by atoms with Crippen molar-refractivity contribution >= 4 is 17.6 Å². The molecule has 0 saturated heterocycles. The largest absolute Gasteiger partial charge is 0.491 e. The van der Waals surface area contributed by atoms with Crippen molar-refractivity contribution in [1.29, 1.82) is 0 Å². The van der Waals surface area contributed by atoms with Crippen LogP contribution in [-0.2, 0) is 9.59 Å². The summed E-state index contributed by atoms with van der Waals surface area (Å²) >= 11 is 0. The Kier molecular flexibility index (Phi) is 3.97. The van der Waals surface area contributed by atoms with E-state index in [0.29, 0.717) is 30.0 Å². The monoisotopic (exact) mass is 277 g/mol. The molecule has 0 radical (unpaired) electrons. The quantitative estimate of drug-likeness (QED) is 0.920. The van der Waals surface area contributed by atoms with Crippen LogP contribution in [0.1, 0.15) is 31.7 Å². The molecule has 5 nitrogen and oxygen atoms in total. The van der Waals surface area contributed by atoms with Crippen LogP contribution in [0.3, 0.4) is 0 Å². The molecule has 1 aromatic rings. The summed E-state index contributed by atoms with van der Waals surface area (Å²) in [6.45, 7) is 4.09. The third-order valence-corrected chi connectivity index (χ3v) is 3.58. The number of hydrogen-bond acceptors (Lipinski definition) is 3. The number of hydrogen-bond donors (Lipinski definition) is 1. The average molecular weight is 277 g/mol. The van der Waals surface area contributed by atoms with Gasteiger partial charge in [-0.25, -0.2) is 0 Å². The Labute approximate surface area is 118 Å². The molecule has 0 bridgehead atoms. The molecule has 0 aliphatic carbocycles. The maximum atomic E-state index is 11.9. The Morgan fingerprint density at radius 2 is 2.10 bits per heavy atom. The fourth-order valence-electron chi connectivity index (χ4n) is 2.47. The maximum absolute atomic E-state index is 11.9. The van der Waals surface area contributed by atoms with Crippen molar-refractivity contribution in [2.24, 2.45) is 5.92 Å². The van der Waals surface area contributed by atoms with E-state index < -0.39 is 11.9 Å². The van der Waals surface area contributed by atoms with Crippen molar-refractivity contribution in [2.75, 3.05) is 18.6 Å². The summed E-state index contributed by atoms with van der Waals surface area (Å²) in [7, 11) is 1.69. The number of carboxylic acid groups (broad SMARTS) is 1. The number of amides is 1. The lowest BCUT2D eigenvalue weighted by molar-refractivity contribution is -0.139.